The molecule has 15 nitrogen and oxygen atoms in total. The molecule has 362 valence electrons. The van der Waals surface area contributed by atoms with Crippen LogP contribution in [0.5, 0.6) is 0 Å². The third-order valence-corrected chi connectivity index (χ3v) is 14.5. The molecule has 11 atom stereocenters. The van der Waals surface area contributed by atoms with Crippen LogP contribution < -0.4 is 5.32 Å². The molecule has 4 aliphatic rings. The summed E-state index contributed by atoms with van der Waals surface area (Å²) >= 11 is 0. The van der Waals surface area contributed by atoms with E-state index in [9.17, 15) is 33.9 Å². The van der Waals surface area contributed by atoms with E-state index in [-0.39, 0.29) is 42.6 Å². The van der Waals surface area contributed by atoms with Crippen LogP contribution >= 0.6 is 0 Å². The van der Waals surface area contributed by atoms with Gasteiger partial charge in [-0.1, -0.05) is 100 Å². The molecule has 1 heterocycles. The van der Waals surface area contributed by atoms with Gasteiger partial charge in [0.05, 0.1) is 29.5 Å². The minimum atomic E-state index is -1.96. The summed E-state index contributed by atoms with van der Waals surface area (Å²) in [6, 6.07) is 23.7. The van der Waals surface area contributed by atoms with Crippen LogP contribution in [0, 0.1) is 22.7 Å². The van der Waals surface area contributed by atoms with Gasteiger partial charge in [-0.05, 0) is 73.1 Å². The van der Waals surface area contributed by atoms with Gasteiger partial charge in [-0.15, -0.1) is 0 Å². The first kappa shape index (κ1) is 49.7. The average Bonchev–Trinajstić information content (AvgIpc) is 3.30. The van der Waals surface area contributed by atoms with Crippen molar-refractivity contribution in [2.75, 3.05) is 6.61 Å². The van der Waals surface area contributed by atoms with E-state index in [1.54, 1.807) is 105 Å². The van der Waals surface area contributed by atoms with Crippen LogP contribution in [-0.2, 0) is 52.4 Å². The molecular formula is C53H61NO14. The predicted octanol–water partition coefficient (Wildman–Crippen LogP) is 6.75. The number of hydrogen-bond acceptors (Lipinski definition) is 14. The number of carbonyl (C=O) groups is 7. The van der Waals surface area contributed by atoms with E-state index < -0.39 is 112 Å². The lowest BCUT2D eigenvalue weighted by Gasteiger charge is -2.66. The van der Waals surface area contributed by atoms with E-state index in [2.05, 4.69) is 5.32 Å². The molecule has 3 aromatic rings. The monoisotopic (exact) mass is 935 g/mol. The van der Waals surface area contributed by atoms with E-state index in [1.807, 2.05) is 20.8 Å². The van der Waals surface area contributed by atoms with Gasteiger partial charge in [-0.3, -0.25) is 24.0 Å². The molecule has 68 heavy (non-hydrogen) atoms. The number of aliphatic hydroxyl groups is 1. The summed E-state index contributed by atoms with van der Waals surface area (Å²) in [4.78, 5) is 99.0. The maximum absolute atomic E-state index is 16.1. The second-order valence-electron chi connectivity index (χ2n) is 19.1. The number of aliphatic hydroxyl groups excluding tert-OH is 1. The summed E-state index contributed by atoms with van der Waals surface area (Å²) < 4.78 is 37.7. The smallest absolute Gasteiger partial charge is 0.338 e. The van der Waals surface area contributed by atoms with E-state index in [4.69, 9.17) is 28.4 Å². The zero-order chi connectivity index (χ0) is 49.1. The van der Waals surface area contributed by atoms with Crippen molar-refractivity contribution in [3.05, 3.63) is 119 Å². The number of ether oxygens (including phenoxy) is 6. The maximum atomic E-state index is 16.1. The van der Waals surface area contributed by atoms with Gasteiger partial charge in [-0.25, -0.2) is 9.59 Å². The van der Waals surface area contributed by atoms with Crippen LogP contribution in [0.15, 0.2) is 102 Å². The minimum Gasteiger partial charge on any atom is -0.461 e. The van der Waals surface area contributed by atoms with Crippen molar-refractivity contribution in [2.24, 2.45) is 22.7 Å². The topological polar surface area (TPSA) is 207 Å². The van der Waals surface area contributed by atoms with Gasteiger partial charge in [0.1, 0.15) is 24.4 Å². The zero-order valence-corrected chi connectivity index (χ0v) is 39.6. The molecule has 15 heteroatoms. The summed E-state index contributed by atoms with van der Waals surface area (Å²) in [5.74, 6) is -7.49. The van der Waals surface area contributed by atoms with Crippen LogP contribution in [-0.4, -0.2) is 95.5 Å². The third kappa shape index (κ3) is 9.47. The molecule has 1 aliphatic heterocycles. The minimum absolute atomic E-state index is 0.0217. The van der Waals surface area contributed by atoms with Gasteiger partial charge in [0.2, 0.25) is 0 Å². The number of rotatable bonds is 15. The van der Waals surface area contributed by atoms with Crippen LogP contribution in [0.3, 0.4) is 0 Å². The van der Waals surface area contributed by atoms with Crippen LogP contribution in [0.1, 0.15) is 119 Å². The summed E-state index contributed by atoms with van der Waals surface area (Å²) in [5.41, 5.74) is -3.24. The molecule has 3 aliphatic carbocycles. The Labute approximate surface area is 396 Å². The fourth-order valence-electron chi connectivity index (χ4n) is 11.2. The second kappa shape index (κ2) is 20.2. The van der Waals surface area contributed by atoms with Crippen molar-refractivity contribution in [3.63, 3.8) is 0 Å². The van der Waals surface area contributed by atoms with E-state index in [1.165, 1.54) is 13.8 Å². The normalized spacial score (nSPS) is 28.9. The Morgan fingerprint density at radius 3 is 1.99 bits per heavy atom. The Bertz CT molecular complexity index is 2420. The average molecular weight is 936 g/mol. The zero-order valence-electron chi connectivity index (χ0n) is 39.6. The van der Waals surface area contributed by atoms with Crippen LogP contribution in [0.25, 0.3) is 0 Å². The number of Topliss-reactive ketones (excluding diaryl/α,β-unsaturated/α-hetero) is 1. The van der Waals surface area contributed by atoms with Crippen molar-refractivity contribution >= 4 is 41.5 Å². The lowest BCUT2D eigenvalue weighted by Crippen LogP contribution is -2.79. The van der Waals surface area contributed by atoms with E-state index in [0.717, 1.165) is 6.42 Å². The molecular weight excluding hydrogens is 875 g/mol. The molecule has 3 fully saturated rings. The van der Waals surface area contributed by atoms with Crippen molar-refractivity contribution in [3.8, 4) is 0 Å². The number of amides is 1. The SMILES string of the molecule is CCCCCC(=O)O[C@H]1C(=O)[C@@]2(C)C([C@H](OC(=O)c3ccccc3)C3C[C@H](OC(=O)[C@H](O)[C@@H](NC(=O)c4ccccc4)c4ccccc4)C(C)=C1C3(C)C)[C@]1(OC(C)=O)CO[C@@H]1C[C@@H]2OC(C)=O. The highest BCUT2D eigenvalue weighted by molar-refractivity contribution is 5.96. The molecule has 7 rings (SSSR count). The third-order valence-electron chi connectivity index (χ3n) is 14.5. The molecule has 1 amide bonds. The van der Waals surface area contributed by atoms with Crippen molar-refractivity contribution in [1.82, 2.24) is 5.32 Å². The fourth-order valence-corrected chi connectivity index (χ4v) is 11.2. The highest BCUT2D eigenvalue weighted by atomic mass is 16.6. The van der Waals surface area contributed by atoms with Gasteiger partial charge >= 0.3 is 29.8 Å². The Hall–Kier alpha value is -6.19. The highest BCUT2D eigenvalue weighted by Crippen LogP contribution is 2.64. The first-order valence-corrected chi connectivity index (χ1v) is 23.3. The largest absolute Gasteiger partial charge is 0.461 e. The number of ketones is 1. The summed E-state index contributed by atoms with van der Waals surface area (Å²) in [5, 5.41) is 14.7. The first-order valence-electron chi connectivity index (χ1n) is 23.3. The molecule has 0 radical (unpaired) electrons. The molecule has 0 aromatic heterocycles. The fraction of sp³-hybridized carbons (Fsp3) is 0.491. The van der Waals surface area contributed by atoms with Gasteiger partial charge in [0.25, 0.3) is 5.91 Å². The Morgan fingerprint density at radius 1 is 0.794 bits per heavy atom. The lowest BCUT2D eigenvalue weighted by atomic mass is 9.46. The highest BCUT2D eigenvalue weighted by Gasteiger charge is 2.76. The number of carbonyl (C=O) groups excluding carboxylic acids is 7. The number of fused-ring (bicyclic) bond motifs is 5. The van der Waals surface area contributed by atoms with E-state index >= 15 is 4.79 Å². The molecule has 2 N–H and O–H groups in total. The molecule has 2 unspecified atom stereocenters. The summed E-state index contributed by atoms with van der Waals surface area (Å²) in [6.45, 7) is 11.1. The predicted molar refractivity (Wildman–Crippen MR) is 244 cm³/mol. The number of benzene rings is 3. The van der Waals surface area contributed by atoms with Gasteiger partial charge in [0, 0.05) is 38.2 Å². The number of hydrogen-bond donors (Lipinski definition) is 2. The van der Waals surface area contributed by atoms with Crippen LogP contribution in [0.4, 0.5) is 0 Å². The Kier molecular flexibility index (Phi) is 14.8. The van der Waals surface area contributed by atoms with Gasteiger partial charge in [0.15, 0.2) is 23.6 Å². The first-order chi connectivity index (χ1) is 32.3. The molecule has 2 bridgehead atoms. The van der Waals surface area contributed by atoms with Crippen LogP contribution in [0.2, 0.25) is 0 Å². The van der Waals surface area contributed by atoms with E-state index in [0.29, 0.717) is 24.0 Å². The number of nitrogens with one attached hydrogen (secondary N) is 1. The molecule has 3 aromatic carbocycles. The summed E-state index contributed by atoms with van der Waals surface area (Å²) in [7, 11) is 0. The van der Waals surface area contributed by atoms with Crippen molar-refractivity contribution in [2.45, 2.75) is 135 Å². The molecule has 0 spiro atoms. The van der Waals surface area contributed by atoms with Crippen molar-refractivity contribution < 1.29 is 67.1 Å². The molecule has 2 saturated carbocycles. The standard InChI is InChI=1S/C53H61NO14/c1-8-9-13-26-40(57)66-45-41-30(2)37(65-50(62)43(58)42(33-20-14-10-15-21-33)54-48(60)34-22-16-11-17-23-34)27-36(51(41,5)6)44(67-49(61)35-24-18-12-19-25-35)46-52(7,47(45)59)38(64-31(3)55)28-39-53(46,29-63-39)68-32(4)56/h10-12,14-25,36-39,42-46,58H,8-9,13,26-29H2,1-7H3,(H,54,60)/t36?,37-,38-,39+,42-,43+,44+,45+,46?,52+,53-/m0/s1. The van der Waals surface area contributed by atoms with Gasteiger partial charge < -0.3 is 38.8 Å². The second-order valence-corrected chi connectivity index (χ2v) is 19.1. The Balaban J connectivity index is 1.40. The van der Waals surface area contributed by atoms with Gasteiger partial charge in [-0.2, -0.15) is 0 Å². The number of unbranched alkanes of at least 4 members (excludes halogenated alkanes) is 2. The molecule has 1 saturated heterocycles. The lowest BCUT2D eigenvalue weighted by molar-refractivity contribution is -0.336. The maximum Gasteiger partial charge on any atom is 0.338 e. The van der Waals surface area contributed by atoms with Crippen molar-refractivity contribution in [1.29, 1.82) is 0 Å². The number of esters is 5. The quantitative estimate of drug-likeness (QED) is 0.0700. The Morgan fingerprint density at radius 2 is 1.41 bits per heavy atom. The summed E-state index contributed by atoms with van der Waals surface area (Å²) in [6.07, 6.45) is -6.61.